The highest BCUT2D eigenvalue weighted by molar-refractivity contribution is 5.71. The Morgan fingerprint density at radius 1 is 1.50 bits per heavy atom. The van der Waals surface area contributed by atoms with Crippen LogP contribution in [0.4, 0.5) is 0 Å². The number of nitrogens with one attached hydrogen (secondary N) is 1. The Morgan fingerprint density at radius 2 is 2.36 bits per heavy atom. The monoisotopic (exact) mass is 190 g/mol. The van der Waals surface area contributed by atoms with Crippen LogP contribution in [0.1, 0.15) is 5.82 Å². The number of rotatable bonds is 3. The van der Waals surface area contributed by atoms with E-state index >= 15 is 0 Å². The van der Waals surface area contributed by atoms with Gasteiger partial charge in [-0.3, -0.25) is 0 Å². The summed E-state index contributed by atoms with van der Waals surface area (Å²) in [5.74, 6) is 1.08. The Balaban J connectivity index is 2.41. The SMILES string of the molecule is CNCCc1nc2ncccc2n1C. The van der Waals surface area contributed by atoms with E-state index in [0.29, 0.717) is 0 Å². The average Bonchev–Trinajstić information content (AvgIpc) is 2.54. The van der Waals surface area contributed by atoms with Crippen LogP contribution in [-0.4, -0.2) is 28.1 Å². The highest BCUT2D eigenvalue weighted by atomic mass is 15.1. The molecule has 2 rings (SSSR count). The molecule has 0 aliphatic carbocycles. The lowest BCUT2D eigenvalue weighted by Gasteiger charge is -2.00. The molecular formula is C10H14N4. The van der Waals surface area contributed by atoms with Crippen LogP contribution in [0, 0.1) is 0 Å². The van der Waals surface area contributed by atoms with Crippen LogP contribution in [0.2, 0.25) is 0 Å². The molecule has 0 aliphatic rings. The minimum Gasteiger partial charge on any atom is -0.330 e. The molecule has 0 fully saturated rings. The number of hydrogen-bond acceptors (Lipinski definition) is 3. The van der Waals surface area contributed by atoms with Gasteiger partial charge in [0.2, 0.25) is 0 Å². The third-order valence-corrected chi connectivity index (χ3v) is 2.35. The fraction of sp³-hybridized carbons (Fsp3) is 0.400. The number of fused-ring (bicyclic) bond motifs is 1. The van der Waals surface area contributed by atoms with E-state index < -0.39 is 0 Å². The maximum atomic E-state index is 4.46. The number of imidazole rings is 1. The molecule has 4 heteroatoms. The van der Waals surface area contributed by atoms with Gasteiger partial charge < -0.3 is 9.88 Å². The largest absolute Gasteiger partial charge is 0.330 e. The van der Waals surface area contributed by atoms with E-state index in [4.69, 9.17) is 0 Å². The lowest BCUT2D eigenvalue weighted by Crippen LogP contribution is -2.12. The Labute approximate surface area is 83.0 Å². The van der Waals surface area contributed by atoms with Crippen molar-refractivity contribution in [2.75, 3.05) is 13.6 Å². The van der Waals surface area contributed by atoms with Gasteiger partial charge in [0.15, 0.2) is 5.65 Å². The van der Waals surface area contributed by atoms with Gasteiger partial charge in [0.25, 0.3) is 0 Å². The molecule has 0 unspecified atom stereocenters. The first kappa shape index (κ1) is 9.15. The molecule has 0 saturated carbocycles. The van der Waals surface area contributed by atoms with Crippen LogP contribution >= 0.6 is 0 Å². The molecule has 0 aromatic carbocycles. The molecule has 2 aromatic heterocycles. The summed E-state index contributed by atoms with van der Waals surface area (Å²) in [5, 5.41) is 3.11. The molecule has 0 bridgehead atoms. The van der Waals surface area contributed by atoms with Crippen LogP contribution in [-0.2, 0) is 13.5 Å². The number of pyridine rings is 1. The number of aromatic nitrogens is 3. The molecule has 4 nitrogen and oxygen atoms in total. The lowest BCUT2D eigenvalue weighted by molar-refractivity contribution is 0.725. The summed E-state index contributed by atoms with van der Waals surface area (Å²) in [5.41, 5.74) is 1.93. The molecule has 2 heterocycles. The molecule has 0 amide bonds. The Bertz CT molecular complexity index is 433. The second-order valence-corrected chi connectivity index (χ2v) is 3.29. The minimum atomic E-state index is 0.834. The molecule has 74 valence electrons. The fourth-order valence-electron chi connectivity index (χ4n) is 1.53. The van der Waals surface area contributed by atoms with Crippen molar-refractivity contribution in [2.45, 2.75) is 6.42 Å². The van der Waals surface area contributed by atoms with Crippen molar-refractivity contribution in [3.05, 3.63) is 24.2 Å². The van der Waals surface area contributed by atoms with Crippen molar-refractivity contribution < 1.29 is 0 Å². The van der Waals surface area contributed by atoms with Crippen molar-refractivity contribution >= 4 is 11.2 Å². The summed E-state index contributed by atoms with van der Waals surface area (Å²) in [4.78, 5) is 8.68. The Hall–Kier alpha value is -1.42. The van der Waals surface area contributed by atoms with Crippen molar-refractivity contribution in [1.82, 2.24) is 19.9 Å². The lowest BCUT2D eigenvalue weighted by atomic mass is 10.4. The van der Waals surface area contributed by atoms with Gasteiger partial charge in [0.05, 0.1) is 5.52 Å². The van der Waals surface area contributed by atoms with Crippen molar-refractivity contribution in [2.24, 2.45) is 7.05 Å². The quantitative estimate of drug-likeness (QED) is 0.776. The van der Waals surface area contributed by atoms with Gasteiger partial charge in [-0.05, 0) is 19.2 Å². The summed E-state index contributed by atoms with van der Waals surface area (Å²) in [7, 11) is 3.98. The van der Waals surface area contributed by atoms with Crippen LogP contribution in [0.15, 0.2) is 18.3 Å². The first-order valence-electron chi connectivity index (χ1n) is 4.74. The summed E-state index contributed by atoms with van der Waals surface area (Å²) in [6.07, 6.45) is 2.71. The predicted molar refractivity (Wildman–Crippen MR) is 56.1 cm³/mol. The molecule has 0 atom stereocenters. The zero-order valence-corrected chi connectivity index (χ0v) is 8.49. The van der Waals surface area contributed by atoms with Gasteiger partial charge in [-0.15, -0.1) is 0 Å². The molecular weight excluding hydrogens is 176 g/mol. The summed E-state index contributed by atoms with van der Waals surface area (Å²) in [6.45, 7) is 0.942. The van der Waals surface area contributed by atoms with E-state index in [2.05, 4.69) is 19.9 Å². The van der Waals surface area contributed by atoms with Gasteiger partial charge in [0.1, 0.15) is 5.82 Å². The van der Waals surface area contributed by atoms with Crippen LogP contribution in [0.5, 0.6) is 0 Å². The smallest absolute Gasteiger partial charge is 0.177 e. The third-order valence-electron chi connectivity index (χ3n) is 2.35. The molecule has 2 aromatic rings. The molecule has 0 aliphatic heterocycles. The van der Waals surface area contributed by atoms with E-state index in [9.17, 15) is 0 Å². The van der Waals surface area contributed by atoms with Crippen LogP contribution < -0.4 is 5.32 Å². The van der Waals surface area contributed by atoms with E-state index in [0.717, 1.165) is 30.0 Å². The molecule has 1 N–H and O–H groups in total. The Morgan fingerprint density at radius 3 is 3.07 bits per heavy atom. The van der Waals surface area contributed by atoms with Crippen LogP contribution in [0.3, 0.4) is 0 Å². The maximum Gasteiger partial charge on any atom is 0.177 e. The Kier molecular flexibility index (Phi) is 2.45. The summed E-state index contributed by atoms with van der Waals surface area (Å²) >= 11 is 0. The average molecular weight is 190 g/mol. The second-order valence-electron chi connectivity index (χ2n) is 3.29. The fourth-order valence-corrected chi connectivity index (χ4v) is 1.53. The highest BCUT2D eigenvalue weighted by Crippen LogP contribution is 2.11. The molecule has 0 saturated heterocycles. The van der Waals surface area contributed by atoms with Gasteiger partial charge in [-0.2, -0.15) is 0 Å². The minimum absolute atomic E-state index is 0.834. The first-order valence-corrected chi connectivity index (χ1v) is 4.74. The molecule has 0 spiro atoms. The van der Waals surface area contributed by atoms with E-state index in [1.807, 2.05) is 26.2 Å². The van der Waals surface area contributed by atoms with Gasteiger partial charge in [-0.25, -0.2) is 9.97 Å². The number of hydrogen-bond donors (Lipinski definition) is 1. The number of aryl methyl sites for hydroxylation is 1. The van der Waals surface area contributed by atoms with E-state index in [1.165, 1.54) is 0 Å². The molecule has 14 heavy (non-hydrogen) atoms. The number of nitrogens with zero attached hydrogens (tertiary/aromatic N) is 3. The zero-order chi connectivity index (χ0) is 9.97. The standard InChI is InChI=1S/C10H14N4/c1-11-7-5-9-13-10-8(14(9)2)4-3-6-12-10/h3-4,6,11H,5,7H2,1-2H3. The topological polar surface area (TPSA) is 42.7 Å². The van der Waals surface area contributed by atoms with Crippen molar-refractivity contribution in [1.29, 1.82) is 0 Å². The summed E-state index contributed by atoms with van der Waals surface area (Å²) in [6, 6.07) is 3.98. The van der Waals surface area contributed by atoms with Crippen LogP contribution in [0.25, 0.3) is 11.2 Å². The molecule has 0 radical (unpaired) electrons. The maximum absolute atomic E-state index is 4.46. The van der Waals surface area contributed by atoms with Gasteiger partial charge >= 0.3 is 0 Å². The second kappa shape index (κ2) is 3.75. The van der Waals surface area contributed by atoms with Crippen molar-refractivity contribution in [3.8, 4) is 0 Å². The van der Waals surface area contributed by atoms with E-state index in [-0.39, 0.29) is 0 Å². The van der Waals surface area contributed by atoms with Gasteiger partial charge in [-0.1, -0.05) is 0 Å². The van der Waals surface area contributed by atoms with E-state index in [1.54, 1.807) is 6.20 Å². The third kappa shape index (κ3) is 1.48. The van der Waals surface area contributed by atoms with Crippen molar-refractivity contribution in [3.63, 3.8) is 0 Å². The number of likely N-dealkylation sites (N-methyl/N-ethyl adjacent to an activating group) is 1. The van der Waals surface area contributed by atoms with Gasteiger partial charge in [0, 0.05) is 26.2 Å². The zero-order valence-electron chi connectivity index (χ0n) is 8.49. The summed E-state index contributed by atoms with van der Waals surface area (Å²) < 4.78 is 2.10. The highest BCUT2D eigenvalue weighted by Gasteiger charge is 2.06. The first-order chi connectivity index (χ1) is 6.83. The predicted octanol–water partition coefficient (Wildman–Crippen LogP) is 0.730. The normalized spacial score (nSPS) is 11.0.